The van der Waals surface area contributed by atoms with E-state index in [-0.39, 0.29) is 11.9 Å². The molecule has 0 saturated carbocycles. The number of hydrogen-bond donors (Lipinski definition) is 2. The lowest BCUT2D eigenvalue weighted by Gasteiger charge is -2.07. The van der Waals surface area contributed by atoms with E-state index in [2.05, 4.69) is 15.4 Å². The van der Waals surface area contributed by atoms with Gasteiger partial charge in [-0.3, -0.25) is 4.79 Å². The topological polar surface area (TPSA) is 67.4 Å². The van der Waals surface area contributed by atoms with Crippen molar-refractivity contribution in [3.63, 3.8) is 0 Å². The number of cyclic esters (lactones) is 1. The van der Waals surface area contributed by atoms with Crippen LogP contribution in [0.3, 0.4) is 0 Å². The fourth-order valence-electron chi connectivity index (χ4n) is 0.898. The number of nitrogens with one attached hydrogen (secondary N) is 2. The van der Waals surface area contributed by atoms with Crippen LogP contribution in [0.4, 0.5) is 4.79 Å². The molecule has 0 aliphatic carbocycles. The number of alkyl carbamates (subject to hydrolysis) is 1. The van der Waals surface area contributed by atoms with Crippen LogP contribution in [0.5, 0.6) is 0 Å². The van der Waals surface area contributed by atoms with Crippen molar-refractivity contribution >= 4 is 12.0 Å². The number of carbonyl (C=O) groups excluding carboxylic acids is 2. The summed E-state index contributed by atoms with van der Waals surface area (Å²) in [5.41, 5.74) is 0. The van der Waals surface area contributed by atoms with E-state index in [9.17, 15) is 9.59 Å². The molecular formula is C7H12N2O3. The Labute approximate surface area is 70.5 Å². The average Bonchev–Trinajstić information content (AvgIpc) is 2.47. The van der Waals surface area contributed by atoms with Gasteiger partial charge in [0.15, 0.2) is 0 Å². The molecule has 1 saturated heterocycles. The average molecular weight is 172 g/mol. The van der Waals surface area contributed by atoms with Crippen LogP contribution in [0.2, 0.25) is 0 Å². The molecule has 0 aromatic heterocycles. The van der Waals surface area contributed by atoms with Gasteiger partial charge in [-0.25, -0.2) is 4.79 Å². The zero-order chi connectivity index (χ0) is 8.97. The summed E-state index contributed by atoms with van der Waals surface area (Å²) < 4.78 is 4.63. The zero-order valence-corrected chi connectivity index (χ0v) is 6.92. The summed E-state index contributed by atoms with van der Waals surface area (Å²) in [4.78, 5) is 21.3. The van der Waals surface area contributed by atoms with Crippen molar-refractivity contribution in [3.8, 4) is 0 Å². The van der Waals surface area contributed by atoms with E-state index in [0.717, 1.165) is 0 Å². The van der Waals surface area contributed by atoms with E-state index in [1.54, 1.807) is 6.92 Å². The van der Waals surface area contributed by atoms with Gasteiger partial charge in [0.2, 0.25) is 5.91 Å². The third-order valence-electron chi connectivity index (χ3n) is 1.60. The molecule has 1 heterocycles. The first-order valence-corrected chi connectivity index (χ1v) is 3.92. The van der Waals surface area contributed by atoms with Gasteiger partial charge in [-0.1, -0.05) is 6.92 Å². The maximum Gasteiger partial charge on any atom is 0.407 e. The fourth-order valence-corrected chi connectivity index (χ4v) is 0.898. The molecule has 68 valence electrons. The van der Waals surface area contributed by atoms with Crippen LogP contribution < -0.4 is 10.6 Å². The molecule has 2 N–H and O–H groups in total. The van der Waals surface area contributed by atoms with Crippen LogP contribution in [0.1, 0.15) is 13.3 Å². The van der Waals surface area contributed by atoms with Gasteiger partial charge in [0, 0.05) is 13.0 Å². The molecule has 12 heavy (non-hydrogen) atoms. The van der Waals surface area contributed by atoms with E-state index in [0.29, 0.717) is 19.6 Å². The zero-order valence-electron chi connectivity index (χ0n) is 6.92. The van der Waals surface area contributed by atoms with Gasteiger partial charge < -0.3 is 15.4 Å². The lowest BCUT2D eigenvalue weighted by Crippen LogP contribution is -2.39. The van der Waals surface area contributed by atoms with Crippen molar-refractivity contribution in [1.29, 1.82) is 0 Å². The lowest BCUT2D eigenvalue weighted by atomic mass is 10.3. The van der Waals surface area contributed by atoms with E-state index >= 15 is 0 Å². The minimum Gasteiger partial charge on any atom is -0.447 e. The molecule has 1 unspecified atom stereocenters. The first-order valence-electron chi connectivity index (χ1n) is 3.92. The van der Waals surface area contributed by atoms with Crippen LogP contribution in [0.25, 0.3) is 0 Å². The minimum atomic E-state index is -0.411. The van der Waals surface area contributed by atoms with Crippen molar-refractivity contribution < 1.29 is 14.3 Å². The van der Waals surface area contributed by atoms with Gasteiger partial charge in [0.1, 0.15) is 6.61 Å². The fraction of sp³-hybridized carbons (Fsp3) is 0.714. The Morgan fingerprint density at radius 1 is 1.83 bits per heavy atom. The Balaban J connectivity index is 2.16. The van der Waals surface area contributed by atoms with E-state index in [1.807, 2.05) is 0 Å². The molecule has 0 spiro atoms. The Morgan fingerprint density at radius 3 is 3.08 bits per heavy atom. The van der Waals surface area contributed by atoms with Crippen molar-refractivity contribution in [1.82, 2.24) is 10.6 Å². The maximum absolute atomic E-state index is 10.8. The summed E-state index contributed by atoms with van der Waals surface area (Å²) in [6, 6.07) is -0.0759. The van der Waals surface area contributed by atoms with Crippen molar-refractivity contribution in [2.75, 3.05) is 13.2 Å². The highest BCUT2D eigenvalue weighted by atomic mass is 16.6. The van der Waals surface area contributed by atoms with Crippen LogP contribution in [-0.4, -0.2) is 31.2 Å². The molecule has 1 atom stereocenters. The van der Waals surface area contributed by atoms with Crippen LogP contribution in [0, 0.1) is 0 Å². The molecule has 1 rings (SSSR count). The molecule has 0 radical (unpaired) electrons. The summed E-state index contributed by atoms with van der Waals surface area (Å²) in [5, 5.41) is 5.22. The highest BCUT2D eigenvalue weighted by Gasteiger charge is 2.21. The summed E-state index contributed by atoms with van der Waals surface area (Å²) in [6.07, 6.45) is 0.0485. The van der Waals surface area contributed by atoms with E-state index in [4.69, 9.17) is 0 Å². The number of ether oxygens (including phenoxy) is 1. The third kappa shape index (κ3) is 2.41. The molecule has 0 bridgehead atoms. The molecule has 0 aromatic rings. The van der Waals surface area contributed by atoms with Crippen LogP contribution in [0.15, 0.2) is 0 Å². The number of hydrogen-bond acceptors (Lipinski definition) is 3. The number of amides is 2. The van der Waals surface area contributed by atoms with Gasteiger partial charge in [0.05, 0.1) is 6.04 Å². The van der Waals surface area contributed by atoms with Gasteiger partial charge >= 0.3 is 6.09 Å². The molecule has 1 aliphatic heterocycles. The number of carbonyl (C=O) groups is 2. The molecular weight excluding hydrogens is 160 g/mol. The summed E-state index contributed by atoms with van der Waals surface area (Å²) in [5.74, 6) is -0.0175. The van der Waals surface area contributed by atoms with Gasteiger partial charge in [0.25, 0.3) is 0 Å². The van der Waals surface area contributed by atoms with Gasteiger partial charge in [-0.15, -0.1) is 0 Å². The normalized spacial score (nSPS) is 21.4. The Morgan fingerprint density at radius 2 is 2.58 bits per heavy atom. The predicted octanol–water partition coefficient (Wildman–Crippen LogP) is -0.379. The summed E-state index contributed by atoms with van der Waals surface area (Å²) in [7, 11) is 0. The lowest BCUT2D eigenvalue weighted by molar-refractivity contribution is -0.120. The molecule has 1 fully saturated rings. The second kappa shape index (κ2) is 3.94. The standard InChI is InChI=1S/C7H12N2O3/c1-2-6(10)8-3-5-4-12-7(11)9-5/h5H,2-4H2,1H3,(H,8,10)(H,9,11). The van der Waals surface area contributed by atoms with Gasteiger partial charge in [-0.2, -0.15) is 0 Å². The smallest absolute Gasteiger partial charge is 0.407 e. The highest BCUT2D eigenvalue weighted by Crippen LogP contribution is 1.95. The second-order valence-corrected chi connectivity index (χ2v) is 2.60. The van der Waals surface area contributed by atoms with Crippen molar-refractivity contribution in [2.24, 2.45) is 0 Å². The minimum absolute atomic E-state index is 0.0175. The SMILES string of the molecule is CCC(=O)NCC1COC(=O)N1. The molecule has 5 nitrogen and oxygen atoms in total. The number of rotatable bonds is 3. The first kappa shape index (κ1) is 8.83. The summed E-state index contributed by atoms with van der Waals surface area (Å²) in [6.45, 7) is 2.56. The Bertz CT molecular complexity index is 193. The van der Waals surface area contributed by atoms with E-state index in [1.165, 1.54) is 0 Å². The van der Waals surface area contributed by atoms with Crippen molar-refractivity contribution in [3.05, 3.63) is 0 Å². The third-order valence-corrected chi connectivity index (χ3v) is 1.60. The monoisotopic (exact) mass is 172 g/mol. The highest BCUT2D eigenvalue weighted by molar-refractivity contribution is 5.75. The molecule has 2 amide bonds. The van der Waals surface area contributed by atoms with Crippen LogP contribution >= 0.6 is 0 Å². The predicted molar refractivity (Wildman–Crippen MR) is 41.6 cm³/mol. The molecule has 1 aliphatic rings. The Hall–Kier alpha value is -1.26. The first-order chi connectivity index (χ1) is 5.72. The summed E-state index contributed by atoms with van der Waals surface area (Å²) >= 11 is 0. The van der Waals surface area contributed by atoms with E-state index < -0.39 is 6.09 Å². The molecule has 0 aromatic carbocycles. The second-order valence-electron chi connectivity index (χ2n) is 2.60. The Kier molecular flexibility index (Phi) is 2.90. The largest absolute Gasteiger partial charge is 0.447 e. The molecule has 5 heteroatoms. The van der Waals surface area contributed by atoms with Gasteiger partial charge in [-0.05, 0) is 0 Å². The quantitative estimate of drug-likeness (QED) is 0.609. The van der Waals surface area contributed by atoms with Crippen molar-refractivity contribution in [2.45, 2.75) is 19.4 Å². The van der Waals surface area contributed by atoms with Crippen LogP contribution in [-0.2, 0) is 9.53 Å². The maximum atomic E-state index is 10.8.